The maximum atomic E-state index is 12.5. The first-order chi connectivity index (χ1) is 17.6. The van der Waals surface area contributed by atoms with Crippen LogP contribution in [0, 0.1) is 0 Å². The lowest BCUT2D eigenvalue weighted by atomic mass is 9.99. The number of carbonyl (C=O) groups is 2. The van der Waals surface area contributed by atoms with Crippen LogP contribution in [0.25, 0.3) is 21.5 Å². The van der Waals surface area contributed by atoms with Crippen LogP contribution in [0.1, 0.15) is 62.5 Å². The standard InChI is InChI=1S/C32H34O4/c33-31(34)19-5-2-4-13-26-15-9-17-29-28(26)16-10-18-30(29)36-32(35)20-6-1-3-11-24-21-22-25-12-7-8-14-27(25)23-24/h7-10,12,14-18,21-23H,1-6,11,13,19-20H2,(H,33,34). The fourth-order valence-corrected chi connectivity index (χ4v) is 4.76. The van der Waals surface area contributed by atoms with Crippen molar-refractivity contribution in [3.05, 3.63) is 90.0 Å². The molecular weight excluding hydrogens is 448 g/mol. The predicted octanol–water partition coefficient (Wildman–Crippen LogP) is 7.89. The molecule has 4 nitrogen and oxygen atoms in total. The molecule has 0 radical (unpaired) electrons. The average Bonchev–Trinajstić information content (AvgIpc) is 2.88. The first-order valence-corrected chi connectivity index (χ1v) is 13.0. The number of carboxylic acids is 1. The summed E-state index contributed by atoms with van der Waals surface area (Å²) in [5, 5.41) is 13.4. The highest BCUT2D eigenvalue weighted by Crippen LogP contribution is 2.29. The van der Waals surface area contributed by atoms with Gasteiger partial charge in [0, 0.05) is 18.2 Å². The molecule has 1 N–H and O–H groups in total. The summed E-state index contributed by atoms with van der Waals surface area (Å²) in [7, 11) is 0. The molecule has 0 aromatic heterocycles. The summed E-state index contributed by atoms with van der Waals surface area (Å²) < 4.78 is 5.76. The van der Waals surface area contributed by atoms with Gasteiger partial charge in [0.25, 0.3) is 0 Å². The largest absolute Gasteiger partial charge is 0.481 e. The van der Waals surface area contributed by atoms with E-state index in [0.29, 0.717) is 18.6 Å². The molecule has 4 heteroatoms. The molecule has 0 saturated heterocycles. The second kappa shape index (κ2) is 12.9. The van der Waals surface area contributed by atoms with Crippen molar-refractivity contribution in [1.29, 1.82) is 0 Å². The van der Waals surface area contributed by atoms with Crippen LogP contribution in [0.15, 0.2) is 78.9 Å². The number of carbonyl (C=O) groups excluding carboxylic acids is 1. The van der Waals surface area contributed by atoms with Crippen LogP contribution in [0.2, 0.25) is 0 Å². The molecule has 0 aliphatic carbocycles. The van der Waals surface area contributed by atoms with Crippen molar-refractivity contribution in [2.75, 3.05) is 0 Å². The molecule has 36 heavy (non-hydrogen) atoms. The molecular formula is C32H34O4. The Kier molecular flexibility index (Phi) is 9.09. The van der Waals surface area contributed by atoms with E-state index < -0.39 is 5.97 Å². The Bertz CT molecular complexity index is 1320. The molecule has 0 atom stereocenters. The third-order valence-corrected chi connectivity index (χ3v) is 6.69. The maximum absolute atomic E-state index is 12.5. The van der Waals surface area contributed by atoms with Gasteiger partial charge in [-0.05, 0) is 71.9 Å². The summed E-state index contributed by atoms with van der Waals surface area (Å²) in [6.45, 7) is 0. The molecule has 0 heterocycles. The normalized spacial score (nSPS) is 11.1. The van der Waals surface area contributed by atoms with E-state index in [9.17, 15) is 9.59 Å². The van der Waals surface area contributed by atoms with Crippen molar-refractivity contribution >= 4 is 33.5 Å². The summed E-state index contributed by atoms with van der Waals surface area (Å²) >= 11 is 0. The predicted molar refractivity (Wildman–Crippen MR) is 146 cm³/mol. The van der Waals surface area contributed by atoms with E-state index in [1.165, 1.54) is 21.9 Å². The van der Waals surface area contributed by atoms with Gasteiger partial charge in [-0.15, -0.1) is 0 Å². The third-order valence-electron chi connectivity index (χ3n) is 6.69. The number of hydrogen-bond donors (Lipinski definition) is 1. The van der Waals surface area contributed by atoms with Crippen molar-refractivity contribution in [3.8, 4) is 5.75 Å². The Morgan fingerprint density at radius 3 is 2.19 bits per heavy atom. The van der Waals surface area contributed by atoms with Gasteiger partial charge in [-0.3, -0.25) is 9.59 Å². The lowest BCUT2D eigenvalue weighted by molar-refractivity contribution is -0.137. The number of hydrogen-bond acceptors (Lipinski definition) is 3. The van der Waals surface area contributed by atoms with E-state index >= 15 is 0 Å². The summed E-state index contributed by atoms with van der Waals surface area (Å²) in [6.07, 6.45) is 7.92. The van der Waals surface area contributed by atoms with Gasteiger partial charge in [0.15, 0.2) is 0 Å². The molecule has 0 bridgehead atoms. The highest BCUT2D eigenvalue weighted by molar-refractivity contribution is 5.92. The number of unbranched alkanes of at least 4 members (excludes halogenated alkanes) is 4. The van der Waals surface area contributed by atoms with Crippen LogP contribution in [-0.2, 0) is 22.4 Å². The monoisotopic (exact) mass is 482 g/mol. The number of aryl methyl sites for hydroxylation is 2. The fraction of sp³-hybridized carbons (Fsp3) is 0.312. The van der Waals surface area contributed by atoms with Crippen molar-refractivity contribution in [3.63, 3.8) is 0 Å². The second-order valence-electron chi connectivity index (χ2n) is 9.44. The lowest BCUT2D eigenvalue weighted by Gasteiger charge is -2.11. The summed E-state index contributed by atoms with van der Waals surface area (Å²) in [4.78, 5) is 23.2. The van der Waals surface area contributed by atoms with Crippen molar-refractivity contribution in [2.24, 2.45) is 0 Å². The minimum atomic E-state index is -0.739. The molecule has 4 rings (SSSR count). The van der Waals surface area contributed by atoms with Crippen LogP contribution < -0.4 is 4.74 Å². The molecule has 4 aromatic carbocycles. The number of esters is 1. The molecule has 186 valence electrons. The van der Waals surface area contributed by atoms with E-state index in [4.69, 9.17) is 9.84 Å². The summed E-state index contributed by atoms with van der Waals surface area (Å²) in [5.74, 6) is -0.315. The van der Waals surface area contributed by atoms with E-state index in [0.717, 1.165) is 55.7 Å². The first kappa shape index (κ1) is 25.4. The van der Waals surface area contributed by atoms with Crippen molar-refractivity contribution in [2.45, 2.75) is 64.2 Å². The Hall–Kier alpha value is -3.66. The molecule has 4 aromatic rings. The molecule has 0 spiro atoms. The third kappa shape index (κ3) is 7.17. The first-order valence-electron chi connectivity index (χ1n) is 13.0. The second-order valence-corrected chi connectivity index (χ2v) is 9.44. The van der Waals surface area contributed by atoms with Gasteiger partial charge in [-0.2, -0.15) is 0 Å². The summed E-state index contributed by atoms with van der Waals surface area (Å²) in [5.41, 5.74) is 2.54. The van der Waals surface area contributed by atoms with E-state index in [-0.39, 0.29) is 12.4 Å². The molecule has 0 fully saturated rings. The van der Waals surface area contributed by atoms with Gasteiger partial charge < -0.3 is 9.84 Å². The van der Waals surface area contributed by atoms with Crippen LogP contribution in [0.3, 0.4) is 0 Å². The van der Waals surface area contributed by atoms with Gasteiger partial charge in [0.2, 0.25) is 0 Å². The topological polar surface area (TPSA) is 63.6 Å². The summed E-state index contributed by atoms with van der Waals surface area (Å²) in [6, 6.07) is 27.0. The number of aliphatic carboxylic acids is 1. The highest BCUT2D eigenvalue weighted by Gasteiger charge is 2.10. The molecule has 0 saturated carbocycles. The maximum Gasteiger partial charge on any atom is 0.311 e. The fourth-order valence-electron chi connectivity index (χ4n) is 4.76. The Morgan fingerprint density at radius 2 is 1.36 bits per heavy atom. The smallest absolute Gasteiger partial charge is 0.311 e. The van der Waals surface area contributed by atoms with Crippen molar-refractivity contribution < 1.29 is 19.4 Å². The zero-order valence-corrected chi connectivity index (χ0v) is 20.7. The van der Waals surface area contributed by atoms with Gasteiger partial charge in [0.1, 0.15) is 5.75 Å². The quantitative estimate of drug-likeness (QED) is 0.120. The Balaban J connectivity index is 1.24. The van der Waals surface area contributed by atoms with Crippen LogP contribution >= 0.6 is 0 Å². The molecule has 0 amide bonds. The number of rotatable bonds is 13. The van der Waals surface area contributed by atoms with Gasteiger partial charge >= 0.3 is 11.9 Å². The number of fused-ring (bicyclic) bond motifs is 2. The van der Waals surface area contributed by atoms with Crippen LogP contribution in [0.4, 0.5) is 0 Å². The Labute approximate surface area is 212 Å². The molecule has 0 aliphatic rings. The van der Waals surface area contributed by atoms with E-state index in [1.807, 2.05) is 24.3 Å². The number of benzene rings is 4. The molecule has 0 unspecified atom stereocenters. The van der Waals surface area contributed by atoms with Gasteiger partial charge in [0.05, 0.1) is 0 Å². The number of carboxylic acid groups (broad SMARTS) is 1. The minimum Gasteiger partial charge on any atom is -0.481 e. The van der Waals surface area contributed by atoms with Crippen LogP contribution in [0.5, 0.6) is 5.75 Å². The lowest BCUT2D eigenvalue weighted by Crippen LogP contribution is -2.08. The van der Waals surface area contributed by atoms with Gasteiger partial charge in [-0.25, -0.2) is 0 Å². The Morgan fingerprint density at radius 1 is 0.639 bits per heavy atom. The zero-order chi connectivity index (χ0) is 25.2. The van der Waals surface area contributed by atoms with Crippen LogP contribution in [-0.4, -0.2) is 17.0 Å². The highest BCUT2D eigenvalue weighted by atomic mass is 16.5. The average molecular weight is 483 g/mol. The molecule has 0 aliphatic heterocycles. The zero-order valence-electron chi connectivity index (χ0n) is 20.7. The minimum absolute atomic E-state index is 0.188. The van der Waals surface area contributed by atoms with Gasteiger partial charge in [-0.1, -0.05) is 85.6 Å². The van der Waals surface area contributed by atoms with E-state index in [2.05, 4.69) is 54.6 Å². The SMILES string of the molecule is O=C(O)CCCCCc1cccc2c(OC(=O)CCCCCc3ccc4ccccc4c3)cccc12. The number of ether oxygens (including phenoxy) is 1. The van der Waals surface area contributed by atoms with E-state index in [1.54, 1.807) is 0 Å². The van der Waals surface area contributed by atoms with Crippen molar-refractivity contribution in [1.82, 2.24) is 0 Å².